The van der Waals surface area contributed by atoms with Crippen LogP contribution < -0.4 is 0 Å². The van der Waals surface area contributed by atoms with Gasteiger partial charge >= 0.3 is 0 Å². The van der Waals surface area contributed by atoms with Crippen LogP contribution in [0.2, 0.25) is 0 Å². The van der Waals surface area contributed by atoms with Gasteiger partial charge in [0.2, 0.25) is 0 Å². The van der Waals surface area contributed by atoms with E-state index in [4.69, 9.17) is 4.74 Å². The molecule has 0 heterocycles. The van der Waals surface area contributed by atoms with Crippen LogP contribution in [0.1, 0.15) is 13.8 Å². The minimum atomic E-state index is 0.500. The summed E-state index contributed by atoms with van der Waals surface area (Å²) >= 11 is 3.49. The van der Waals surface area contributed by atoms with Crippen LogP contribution in [-0.2, 0) is 4.74 Å². The van der Waals surface area contributed by atoms with Crippen LogP contribution in [-0.4, -0.2) is 17.5 Å². The average molecular weight is 179 g/mol. The second kappa shape index (κ2) is 2.36. The van der Waals surface area contributed by atoms with Crippen LogP contribution in [0.4, 0.5) is 0 Å². The van der Waals surface area contributed by atoms with Crippen LogP contribution in [0.5, 0.6) is 0 Å². The molecule has 1 aliphatic rings. The maximum absolute atomic E-state index is 5.33. The van der Waals surface area contributed by atoms with E-state index < -0.39 is 0 Å². The molecule has 1 fully saturated rings. The molecular weight excluding hydrogens is 168 g/mol. The van der Waals surface area contributed by atoms with E-state index in [0.717, 1.165) is 12.5 Å². The summed E-state index contributed by atoms with van der Waals surface area (Å²) in [5.74, 6) is 0.731. The first-order valence-corrected chi connectivity index (χ1v) is 3.94. The van der Waals surface area contributed by atoms with Crippen LogP contribution in [0.3, 0.4) is 0 Å². The summed E-state index contributed by atoms with van der Waals surface area (Å²) in [5.41, 5.74) is 0. The highest BCUT2D eigenvalue weighted by molar-refractivity contribution is 9.09. The molecular formula is C6H11BrO. The van der Waals surface area contributed by atoms with Crippen LogP contribution >= 0.6 is 15.9 Å². The van der Waals surface area contributed by atoms with Crippen LogP contribution in [0, 0.1) is 5.92 Å². The molecule has 0 saturated heterocycles. The molecule has 0 N–H and O–H groups in total. The summed E-state index contributed by atoms with van der Waals surface area (Å²) < 4.78 is 5.33. The highest BCUT2D eigenvalue weighted by Gasteiger charge is 2.45. The number of halogens is 1. The standard InChI is InChI=1S/C6H11BrO/c1-3-8-6-4(2)5(6)7/h4-6H,3H2,1-2H3/t4-,5-,6-/m1/s1. The summed E-state index contributed by atoms with van der Waals surface area (Å²) in [6.45, 7) is 5.07. The lowest BCUT2D eigenvalue weighted by molar-refractivity contribution is 0.124. The Hall–Kier alpha value is 0.440. The van der Waals surface area contributed by atoms with Gasteiger partial charge in [0, 0.05) is 11.4 Å². The lowest BCUT2D eigenvalue weighted by Gasteiger charge is -1.93. The van der Waals surface area contributed by atoms with E-state index in [0.29, 0.717) is 10.9 Å². The van der Waals surface area contributed by atoms with Crippen LogP contribution in [0.15, 0.2) is 0 Å². The maximum Gasteiger partial charge on any atom is 0.0740 e. The van der Waals surface area contributed by atoms with E-state index in [-0.39, 0.29) is 0 Å². The lowest BCUT2D eigenvalue weighted by atomic mass is 10.5. The molecule has 0 spiro atoms. The molecule has 2 heteroatoms. The van der Waals surface area contributed by atoms with Gasteiger partial charge in [-0.15, -0.1) is 0 Å². The monoisotopic (exact) mass is 178 g/mol. The third-order valence-electron chi connectivity index (χ3n) is 1.55. The molecule has 1 saturated carbocycles. The Morgan fingerprint density at radius 1 is 1.62 bits per heavy atom. The largest absolute Gasteiger partial charge is 0.377 e. The normalized spacial score (nSPS) is 44.6. The predicted molar refractivity (Wildman–Crippen MR) is 37.3 cm³/mol. The summed E-state index contributed by atoms with van der Waals surface area (Å²) in [7, 11) is 0. The Kier molecular flexibility index (Phi) is 1.93. The summed E-state index contributed by atoms with van der Waals surface area (Å²) in [6, 6.07) is 0. The molecule has 1 aliphatic carbocycles. The first-order valence-electron chi connectivity index (χ1n) is 3.03. The SMILES string of the molecule is CCO[C@@H]1[C@H](C)[C@H]1Br. The van der Waals surface area contributed by atoms with Crippen molar-refractivity contribution in [1.82, 2.24) is 0 Å². The number of rotatable bonds is 2. The highest BCUT2D eigenvalue weighted by Crippen LogP contribution is 2.40. The molecule has 0 aliphatic heterocycles. The van der Waals surface area contributed by atoms with Gasteiger partial charge in [0.25, 0.3) is 0 Å². The molecule has 0 aromatic heterocycles. The maximum atomic E-state index is 5.33. The zero-order valence-electron chi connectivity index (χ0n) is 5.23. The minimum absolute atomic E-state index is 0.500. The average Bonchev–Trinajstić information content (AvgIpc) is 2.25. The number of alkyl halides is 1. The number of hydrogen-bond acceptors (Lipinski definition) is 1. The van der Waals surface area contributed by atoms with Crippen molar-refractivity contribution in [1.29, 1.82) is 0 Å². The van der Waals surface area contributed by atoms with Crippen molar-refractivity contribution in [3.63, 3.8) is 0 Å². The Morgan fingerprint density at radius 2 is 2.12 bits per heavy atom. The van der Waals surface area contributed by atoms with Crippen molar-refractivity contribution in [3.05, 3.63) is 0 Å². The van der Waals surface area contributed by atoms with E-state index in [9.17, 15) is 0 Å². The summed E-state index contributed by atoms with van der Waals surface area (Å²) in [6.07, 6.45) is 0.500. The van der Waals surface area contributed by atoms with E-state index in [1.807, 2.05) is 6.92 Å². The molecule has 1 rings (SSSR count). The zero-order chi connectivity index (χ0) is 6.15. The van der Waals surface area contributed by atoms with Gasteiger partial charge in [-0.1, -0.05) is 22.9 Å². The molecule has 48 valence electrons. The molecule has 0 aromatic rings. The van der Waals surface area contributed by atoms with Gasteiger partial charge in [-0.3, -0.25) is 0 Å². The Labute approximate surface area is 58.5 Å². The number of ether oxygens (including phenoxy) is 1. The molecule has 3 atom stereocenters. The molecule has 0 amide bonds. The highest BCUT2D eigenvalue weighted by atomic mass is 79.9. The second-order valence-electron chi connectivity index (χ2n) is 2.22. The van der Waals surface area contributed by atoms with Crippen molar-refractivity contribution < 1.29 is 4.74 Å². The predicted octanol–water partition coefficient (Wildman–Crippen LogP) is 1.80. The van der Waals surface area contributed by atoms with Crippen molar-refractivity contribution in [2.45, 2.75) is 24.8 Å². The van der Waals surface area contributed by atoms with Crippen molar-refractivity contribution in [3.8, 4) is 0 Å². The first kappa shape index (κ1) is 6.56. The molecule has 0 radical (unpaired) electrons. The van der Waals surface area contributed by atoms with Crippen molar-refractivity contribution in [2.24, 2.45) is 5.92 Å². The first-order chi connectivity index (χ1) is 3.77. The van der Waals surface area contributed by atoms with Gasteiger partial charge in [0.05, 0.1) is 6.10 Å². The Balaban J connectivity index is 2.13. The van der Waals surface area contributed by atoms with E-state index in [1.165, 1.54) is 0 Å². The fraction of sp³-hybridized carbons (Fsp3) is 1.00. The zero-order valence-corrected chi connectivity index (χ0v) is 6.81. The van der Waals surface area contributed by atoms with Crippen molar-refractivity contribution >= 4 is 15.9 Å². The summed E-state index contributed by atoms with van der Waals surface area (Å²) in [4.78, 5) is 0.627. The third-order valence-corrected chi connectivity index (χ3v) is 2.91. The Morgan fingerprint density at radius 3 is 2.25 bits per heavy atom. The van der Waals surface area contributed by atoms with Crippen LogP contribution in [0.25, 0.3) is 0 Å². The molecule has 0 unspecified atom stereocenters. The smallest absolute Gasteiger partial charge is 0.0740 e. The molecule has 0 bridgehead atoms. The van der Waals surface area contributed by atoms with Gasteiger partial charge in [0.15, 0.2) is 0 Å². The van der Waals surface area contributed by atoms with E-state index in [2.05, 4.69) is 22.9 Å². The Bertz CT molecular complexity index is 76.6. The summed E-state index contributed by atoms with van der Waals surface area (Å²) in [5, 5.41) is 0. The van der Waals surface area contributed by atoms with Gasteiger partial charge < -0.3 is 4.74 Å². The molecule has 0 aromatic carbocycles. The quantitative estimate of drug-likeness (QED) is 0.587. The second-order valence-corrected chi connectivity index (χ2v) is 3.28. The molecule has 1 nitrogen and oxygen atoms in total. The van der Waals surface area contributed by atoms with E-state index >= 15 is 0 Å². The van der Waals surface area contributed by atoms with Gasteiger partial charge in [-0.25, -0.2) is 0 Å². The fourth-order valence-electron chi connectivity index (χ4n) is 0.816. The fourth-order valence-corrected chi connectivity index (χ4v) is 1.57. The van der Waals surface area contributed by atoms with E-state index in [1.54, 1.807) is 0 Å². The van der Waals surface area contributed by atoms with Gasteiger partial charge in [-0.05, 0) is 12.8 Å². The number of hydrogen-bond donors (Lipinski definition) is 0. The van der Waals surface area contributed by atoms with Gasteiger partial charge in [-0.2, -0.15) is 0 Å². The van der Waals surface area contributed by atoms with Gasteiger partial charge in [0.1, 0.15) is 0 Å². The lowest BCUT2D eigenvalue weighted by Crippen LogP contribution is -1.95. The van der Waals surface area contributed by atoms with Crippen molar-refractivity contribution in [2.75, 3.05) is 6.61 Å². The molecule has 8 heavy (non-hydrogen) atoms. The topological polar surface area (TPSA) is 9.23 Å². The minimum Gasteiger partial charge on any atom is -0.377 e. The third kappa shape index (κ3) is 1.06.